The van der Waals surface area contributed by atoms with Crippen LogP contribution in [-0.4, -0.2) is 21.7 Å². The molecule has 1 amide bonds. The molecule has 5 nitrogen and oxygen atoms in total. The highest BCUT2D eigenvalue weighted by Gasteiger charge is 2.18. The Hall–Kier alpha value is -2.60. The van der Waals surface area contributed by atoms with E-state index in [0.717, 1.165) is 23.0 Å². The van der Waals surface area contributed by atoms with Gasteiger partial charge in [0.15, 0.2) is 5.69 Å². The van der Waals surface area contributed by atoms with Gasteiger partial charge in [0.05, 0.1) is 5.75 Å². The highest BCUT2D eigenvalue weighted by molar-refractivity contribution is 7.99. The van der Waals surface area contributed by atoms with Gasteiger partial charge in [-0.15, -0.1) is 4.68 Å². The van der Waals surface area contributed by atoms with Crippen molar-refractivity contribution in [2.45, 2.75) is 18.5 Å². The van der Waals surface area contributed by atoms with E-state index in [9.17, 15) is 4.79 Å². The molecular weight excluding hydrogens is 320 g/mol. The number of para-hydroxylation sites is 1. The molecule has 0 aliphatic rings. The van der Waals surface area contributed by atoms with Crippen LogP contribution < -0.4 is 10.00 Å². The van der Waals surface area contributed by atoms with Crippen LogP contribution in [0.2, 0.25) is 0 Å². The average molecular weight is 339 g/mol. The summed E-state index contributed by atoms with van der Waals surface area (Å²) >= 11 is 1.39. The van der Waals surface area contributed by atoms with Crippen molar-refractivity contribution in [2.75, 3.05) is 11.1 Å². The molecule has 0 saturated heterocycles. The molecule has 1 aromatic heterocycles. The minimum atomic E-state index is -0.0455. The molecule has 0 radical (unpaired) electrons. The molecule has 3 rings (SSSR count). The monoisotopic (exact) mass is 339 g/mol. The summed E-state index contributed by atoms with van der Waals surface area (Å²) in [5.41, 5.74) is 3.01. The van der Waals surface area contributed by atoms with Crippen LogP contribution in [0.25, 0.3) is 5.69 Å². The lowest BCUT2D eigenvalue weighted by molar-refractivity contribution is -0.694. The molecule has 0 saturated carbocycles. The minimum Gasteiger partial charge on any atom is -0.325 e. The molecule has 0 bridgehead atoms. The third-order valence-electron chi connectivity index (χ3n) is 3.52. The van der Waals surface area contributed by atoms with E-state index in [1.54, 1.807) is 6.33 Å². The van der Waals surface area contributed by atoms with Gasteiger partial charge in [-0.25, -0.2) is 0 Å². The highest BCUT2D eigenvalue weighted by Crippen LogP contribution is 2.15. The lowest BCUT2D eigenvalue weighted by Crippen LogP contribution is -2.35. The SMILES string of the molecule is CCc1cccc(NC(=O)CSc2nc[nH][n+]2-c2ccccc2)c1. The molecule has 24 heavy (non-hydrogen) atoms. The van der Waals surface area contributed by atoms with Gasteiger partial charge in [-0.3, -0.25) is 4.79 Å². The van der Waals surface area contributed by atoms with E-state index in [0.29, 0.717) is 5.75 Å². The fraction of sp³-hybridized carbons (Fsp3) is 0.167. The summed E-state index contributed by atoms with van der Waals surface area (Å²) in [6, 6.07) is 17.8. The summed E-state index contributed by atoms with van der Waals surface area (Å²) < 4.78 is 1.86. The number of aromatic nitrogens is 3. The van der Waals surface area contributed by atoms with Crippen LogP contribution in [0.15, 0.2) is 66.1 Å². The minimum absolute atomic E-state index is 0.0455. The number of hydrogen-bond donors (Lipinski definition) is 2. The predicted molar refractivity (Wildman–Crippen MR) is 95.3 cm³/mol. The fourth-order valence-corrected chi connectivity index (χ4v) is 3.06. The number of carbonyl (C=O) groups is 1. The first-order valence-electron chi connectivity index (χ1n) is 7.78. The Bertz CT molecular complexity index is 817. The smallest absolute Gasteiger partial charge is 0.325 e. The van der Waals surface area contributed by atoms with Crippen molar-refractivity contribution in [1.29, 1.82) is 0 Å². The number of rotatable bonds is 6. The summed E-state index contributed by atoms with van der Waals surface area (Å²) in [4.78, 5) is 16.5. The van der Waals surface area contributed by atoms with Crippen LogP contribution in [-0.2, 0) is 11.2 Å². The van der Waals surface area contributed by atoms with Crippen molar-refractivity contribution in [3.63, 3.8) is 0 Å². The molecule has 0 aliphatic carbocycles. The first kappa shape index (κ1) is 16.3. The largest absolute Gasteiger partial charge is 0.385 e. The standard InChI is InChI=1S/C18H18N4OS/c1-2-14-7-6-8-15(11-14)21-17(23)12-24-18-19-13-20-22(18)16-9-4-3-5-10-16/h3-11,13H,2,12H2,1H3,(H,21,23)/p+1. The Labute approximate surface area is 145 Å². The fourth-order valence-electron chi connectivity index (χ4n) is 2.31. The number of nitrogens with zero attached hydrogens (tertiary/aromatic N) is 2. The van der Waals surface area contributed by atoms with Gasteiger partial charge in [-0.1, -0.05) is 37.3 Å². The summed E-state index contributed by atoms with van der Waals surface area (Å²) in [5.74, 6) is 0.254. The normalized spacial score (nSPS) is 10.5. The van der Waals surface area contributed by atoms with Crippen molar-refractivity contribution < 1.29 is 9.48 Å². The van der Waals surface area contributed by atoms with Gasteiger partial charge < -0.3 is 5.32 Å². The maximum atomic E-state index is 12.2. The summed E-state index contributed by atoms with van der Waals surface area (Å²) in [6.45, 7) is 2.09. The number of H-pyrrole nitrogens is 1. The molecule has 122 valence electrons. The quantitative estimate of drug-likeness (QED) is 0.536. The van der Waals surface area contributed by atoms with E-state index in [1.807, 2.05) is 53.2 Å². The topological polar surface area (TPSA) is 61.7 Å². The van der Waals surface area contributed by atoms with Gasteiger partial charge >= 0.3 is 5.16 Å². The molecule has 0 unspecified atom stereocenters. The summed E-state index contributed by atoms with van der Waals surface area (Å²) in [5, 5.41) is 6.74. The van der Waals surface area contributed by atoms with Gasteiger partial charge in [-0.05, 0) is 53.0 Å². The summed E-state index contributed by atoms with van der Waals surface area (Å²) in [6.07, 6.45) is 2.57. The number of amides is 1. The predicted octanol–water partition coefficient (Wildman–Crippen LogP) is 2.98. The second kappa shape index (κ2) is 7.79. The van der Waals surface area contributed by atoms with Crippen LogP contribution >= 0.6 is 11.8 Å². The van der Waals surface area contributed by atoms with Crippen LogP contribution in [0.3, 0.4) is 0 Å². The third-order valence-corrected chi connectivity index (χ3v) is 4.47. The molecule has 2 aromatic carbocycles. The van der Waals surface area contributed by atoms with Gasteiger partial charge in [0.1, 0.15) is 0 Å². The van der Waals surface area contributed by atoms with E-state index >= 15 is 0 Å². The molecular formula is C18H19N4OS+. The molecule has 2 N–H and O–H groups in total. The van der Waals surface area contributed by atoms with Crippen molar-refractivity contribution in [1.82, 2.24) is 10.1 Å². The Morgan fingerprint density at radius 2 is 2.04 bits per heavy atom. The average Bonchev–Trinajstić information content (AvgIpc) is 3.09. The van der Waals surface area contributed by atoms with Crippen molar-refractivity contribution in [2.24, 2.45) is 0 Å². The molecule has 0 fully saturated rings. The van der Waals surface area contributed by atoms with E-state index in [4.69, 9.17) is 0 Å². The number of nitrogens with one attached hydrogen (secondary N) is 2. The van der Waals surface area contributed by atoms with E-state index in [1.165, 1.54) is 17.3 Å². The van der Waals surface area contributed by atoms with E-state index in [2.05, 4.69) is 28.4 Å². The number of aromatic amines is 1. The second-order valence-electron chi connectivity index (χ2n) is 5.23. The zero-order chi connectivity index (χ0) is 16.8. The first-order valence-corrected chi connectivity index (χ1v) is 8.77. The molecule has 0 aliphatic heterocycles. The lowest BCUT2D eigenvalue weighted by atomic mass is 10.1. The van der Waals surface area contributed by atoms with Crippen LogP contribution in [0.5, 0.6) is 0 Å². The zero-order valence-electron chi connectivity index (χ0n) is 13.4. The van der Waals surface area contributed by atoms with Gasteiger partial charge in [-0.2, -0.15) is 5.10 Å². The zero-order valence-corrected chi connectivity index (χ0v) is 14.2. The van der Waals surface area contributed by atoms with Crippen molar-refractivity contribution in [3.05, 3.63) is 66.5 Å². The number of benzene rings is 2. The number of thioether (sulfide) groups is 1. The summed E-state index contributed by atoms with van der Waals surface area (Å²) in [7, 11) is 0. The Morgan fingerprint density at radius 3 is 2.83 bits per heavy atom. The molecule has 1 heterocycles. The van der Waals surface area contributed by atoms with Gasteiger partial charge in [0.25, 0.3) is 0 Å². The van der Waals surface area contributed by atoms with E-state index < -0.39 is 0 Å². The molecule has 0 atom stereocenters. The molecule has 6 heteroatoms. The van der Waals surface area contributed by atoms with Gasteiger partial charge in [0.2, 0.25) is 12.2 Å². The maximum Gasteiger partial charge on any atom is 0.385 e. The number of anilines is 1. The number of carbonyl (C=O) groups excluding carboxylic acids is 1. The first-order chi connectivity index (χ1) is 11.8. The lowest BCUT2D eigenvalue weighted by Gasteiger charge is -2.05. The highest BCUT2D eigenvalue weighted by atomic mass is 32.2. The van der Waals surface area contributed by atoms with Crippen LogP contribution in [0, 0.1) is 0 Å². The number of hydrogen-bond acceptors (Lipinski definition) is 3. The molecule has 3 aromatic rings. The Balaban J connectivity index is 1.62. The Morgan fingerprint density at radius 1 is 1.21 bits per heavy atom. The van der Waals surface area contributed by atoms with Crippen LogP contribution in [0.4, 0.5) is 5.69 Å². The van der Waals surface area contributed by atoms with Crippen molar-refractivity contribution in [3.8, 4) is 5.69 Å². The second-order valence-corrected chi connectivity index (χ2v) is 6.17. The third kappa shape index (κ3) is 4.02. The van der Waals surface area contributed by atoms with E-state index in [-0.39, 0.29) is 5.91 Å². The maximum absolute atomic E-state index is 12.2. The van der Waals surface area contributed by atoms with Crippen molar-refractivity contribution >= 4 is 23.4 Å². The van der Waals surface area contributed by atoms with Gasteiger partial charge in [0, 0.05) is 5.69 Å². The molecule has 0 spiro atoms. The Kier molecular flexibility index (Phi) is 5.28. The number of aryl methyl sites for hydroxylation is 1. The van der Waals surface area contributed by atoms with Crippen LogP contribution in [0.1, 0.15) is 12.5 Å².